The fourth-order valence-electron chi connectivity index (χ4n) is 2.22. The minimum Gasteiger partial charge on any atom is -0.489 e. The molecule has 2 rings (SSSR count). The molecule has 0 saturated heterocycles. The molecule has 0 aliphatic carbocycles. The molecule has 0 radical (unpaired) electrons. The van der Waals surface area contributed by atoms with Gasteiger partial charge in [-0.1, -0.05) is 19.1 Å². The first-order valence-corrected chi connectivity index (χ1v) is 8.38. The monoisotopic (exact) mass is 426 g/mol. The van der Waals surface area contributed by atoms with Crippen LogP contribution in [0.15, 0.2) is 36.4 Å². The average Bonchev–Trinajstić information content (AvgIpc) is 2.54. The highest BCUT2D eigenvalue weighted by molar-refractivity contribution is 14.1. The Labute approximate surface area is 149 Å². The van der Waals surface area contributed by atoms with Crippen molar-refractivity contribution in [1.82, 2.24) is 0 Å². The highest BCUT2D eigenvalue weighted by Gasteiger charge is 2.13. The highest BCUT2D eigenvalue weighted by Crippen LogP contribution is 2.27. The van der Waals surface area contributed by atoms with Crippen molar-refractivity contribution >= 4 is 28.7 Å². The molecule has 0 atom stereocenters. The van der Waals surface area contributed by atoms with E-state index >= 15 is 0 Å². The summed E-state index contributed by atoms with van der Waals surface area (Å²) in [6.07, 6.45) is 0.260. The Hall–Kier alpha value is -1.76. The van der Waals surface area contributed by atoms with Gasteiger partial charge in [0.05, 0.1) is 7.11 Å². The van der Waals surface area contributed by atoms with Crippen LogP contribution in [0.2, 0.25) is 0 Å². The predicted octanol–water partition coefficient (Wildman–Crippen LogP) is 4.89. The number of aryl methyl sites for hydroxylation is 2. The van der Waals surface area contributed by atoms with Crippen LogP contribution in [0.3, 0.4) is 0 Å². The van der Waals surface area contributed by atoms with Crippen molar-refractivity contribution < 1.29 is 19.0 Å². The molecule has 4 nitrogen and oxygen atoms in total. The SMILES string of the molecule is CCc1ccc(OCc2c(I)cccc2OC(=O)OC)cc1C. The zero-order valence-corrected chi connectivity index (χ0v) is 15.5. The maximum absolute atomic E-state index is 11.3. The number of carbonyl (C=O) groups excluding carboxylic acids is 1. The van der Waals surface area contributed by atoms with Crippen molar-refractivity contribution in [3.05, 3.63) is 56.7 Å². The fraction of sp³-hybridized carbons (Fsp3) is 0.278. The molecule has 23 heavy (non-hydrogen) atoms. The summed E-state index contributed by atoms with van der Waals surface area (Å²) in [5.41, 5.74) is 3.33. The molecule has 2 aromatic rings. The number of ether oxygens (including phenoxy) is 3. The van der Waals surface area contributed by atoms with Gasteiger partial charge in [0.15, 0.2) is 0 Å². The number of benzene rings is 2. The summed E-state index contributed by atoms with van der Waals surface area (Å²) in [5, 5.41) is 0. The second-order valence-corrected chi connectivity index (χ2v) is 6.17. The summed E-state index contributed by atoms with van der Waals surface area (Å²) in [6, 6.07) is 11.5. The molecule has 122 valence electrons. The Balaban J connectivity index is 2.16. The molecule has 0 aromatic heterocycles. The van der Waals surface area contributed by atoms with E-state index in [1.807, 2.05) is 24.3 Å². The van der Waals surface area contributed by atoms with Gasteiger partial charge in [-0.05, 0) is 71.3 Å². The standard InChI is InChI=1S/C18H19IO4/c1-4-13-8-9-14(10-12(13)2)22-11-15-16(19)6-5-7-17(15)23-18(20)21-3/h5-10H,4,11H2,1-3H3. The molecule has 0 unspecified atom stereocenters. The second-order valence-electron chi connectivity index (χ2n) is 5.00. The summed E-state index contributed by atoms with van der Waals surface area (Å²) in [4.78, 5) is 11.3. The van der Waals surface area contributed by atoms with Crippen LogP contribution in [0.5, 0.6) is 11.5 Å². The van der Waals surface area contributed by atoms with Crippen LogP contribution >= 0.6 is 22.6 Å². The second kappa shape index (κ2) is 8.19. The maximum Gasteiger partial charge on any atom is 0.513 e. The normalized spacial score (nSPS) is 10.3. The van der Waals surface area contributed by atoms with Crippen molar-refractivity contribution in [2.75, 3.05) is 7.11 Å². The van der Waals surface area contributed by atoms with Crippen LogP contribution in [0.1, 0.15) is 23.6 Å². The summed E-state index contributed by atoms with van der Waals surface area (Å²) < 4.78 is 16.6. The van der Waals surface area contributed by atoms with Crippen LogP contribution in [-0.4, -0.2) is 13.3 Å². The largest absolute Gasteiger partial charge is 0.513 e. The van der Waals surface area contributed by atoms with Crippen molar-refractivity contribution in [3.63, 3.8) is 0 Å². The first-order valence-electron chi connectivity index (χ1n) is 7.30. The average molecular weight is 426 g/mol. The van der Waals surface area contributed by atoms with Crippen LogP contribution in [-0.2, 0) is 17.8 Å². The topological polar surface area (TPSA) is 44.8 Å². The van der Waals surface area contributed by atoms with Gasteiger partial charge in [0.1, 0.15) is 18.1 Å². The van der Waals surface area contributed by atoms with Gasteiger partial charge >= 0.3 is 6.16 Å². The van der Waals surface area contributed by atoms with E-state index in [9.17, 15) is 4.79 Å². The number of methoxy groups -OCH3 is 1. The molecule has 0 aliphatic heterocycles. The van der Waals surface area contributed by atoms with Crippen molar-refractivity contribution in [2.24, 2.45) is 0 Å². The van der Waals surface area contributed by atoms with E-state index < -0.39 is 6.16 Å². The minimum atomic E-state index is -0.739. The van der Waals surface area contributed by atoms with Crippen molar-refractivity contribution in [2.45, 2.75) is 26.9 Å². The van der Waals surface area contributed by atoms with E-state index in [-0.39, 0.29) is 0 Å². The van der Waals surface area contributed by atoms with Crippen molar-refractivity contribution in [1.29, 1.82) is 0 Å². The lowest BCUT2D eigenvalue weighted by Crippen LogP contribution is -2.10. The Morgan fingerprint density at radius 1 is 1.22 bits per heavy atom. The van der Waals surface area contributed by atoms with Crippen LogP contribution in [0.4, 0.5) is 4.79 Å². The van der Waals surface area contributed by atoms with E-state index in [1.165, 1.54) is 18.2 Å². The van der Waals surface area contributed by atoms with E-state index in [2.05, 4.69) is 47.2 Å². The molecule has 0 N–H and O–H groups in total. The first-order chi connectivity index (χ1) is 11.0. The van der Waals surface area contributed by atoms with Gasteiger partial charge < -0.3 is 14.2 Å². The number of rotatable bonds is 5. The van der Waals surface area contributed by atoms with Gasteiger partial charge in [-0.15, -0.1) is 0 Å². The number of carbonyl (C=O) groups is 1. The maximum atomic E-state index is 11.3. The smallest absolute Gasteiger partial charge is 0.489 e. The minimum absolute atomic E-state index is 0.316. The van der Waals surface area contributed by atoms with E-state index in [0.29, 0.717) is 12.4 Å². The van der Waals surface area contributed by atoms with E-state index in [1.54, 1.807) is 6.07 Å². The fourth-order valence-corrected chi connectivity index (χ4v) is 2.85. The van der Waals surface area contributed by atoms with Gasteiger partial charge in [0.25, 0.3) is 0 Å². The molecule has 0 heterocycles. The Morgan fingerprint density at radius 2 is 2.00 bits per heavy atom. The van der Waals surface area contributed by atoms with Gasteiger partial charge in [-0.25, -0.2) is 4.79 Å². The van der Waals surface area contributed by atoms with Gasteiger partial charge in [0.2, 0.25) is 0 Å². The summed E-state index contributed by atoms with van der Waals surface area (Å²) in [7, 11) is 1.28. The third kappa shape index (κ3) is 4.60. The quantitative estimate of drug-likeness (QED) is 0.388. The van der Waals surface area contributed by atoms with Crippen LogP contribution in [0.25, 0.3) is 0 Å². The van der Waals surface area contributed by atoms with Crippen LogP contribution in [0, 0.1) is 10.5 Å². The lowest BCUT2D eigenvalue weighted by molar-refractivity contribution is 0.120. The molecule has 0 amide bonds. The predicted molar refractivity (Wildman–Crippen MR) is 97.1 cm³/mol. The first kappa shape index (κ1) is 17.6. The van der Waals surface area contributed by atoms with Gasteiger partial charge in [0, 0.05) is 9.13 Å². The summed E-state index contributed by atoms with van der Waals surface area (Å²) in [5.74, 6) is 1.24. The summed E-state index contributed by atoms with van der Waals surface area (Å²) in [6.45, 7) is 4.52. The third-order valence-corrected chi connectivity index (χ3v) is 4.52. The van der Waals surface area contributed by atoms with Crippen molar-refractivity contribution in [3.8, 4) is 11.5 Å². The van der Waals surface area contributed by atoms with Gasteiger partial charge in [-0.3, -0.25) is 0 Å². The molecule has 0 saturated carbocycles. The molecular formula is C18H19IO4. The lowest BCUT2D eigenvalue weighted by atomic mass is 10.1. The van der Waals surface area contributed by atoms with Crippen LogP contribution < -0.4 is 9.47 Å². The molecular weight excluding hydrogens is 407 g/mol. The lowest BCUT2D eigenvalue weighted by Gasteiger charge is -2.13. The Bertz CT molecular complexity index is 697. The Kier molecular flexibility index (Phi) is 6.27. The number of hydrogen-bond donors (Lipinski definition) is 0. The summed E-state index contributed by atoms with van der Waals surface area (Å²) >= 11 is 2.19. The molecule has 0 fully saturated rings. The molecule has 0 aliphatic rings. The number of halogens is 1. The zero-order valence-electron chi connectivity index (χ0n) is 13.4. The third-order valence-electron chi connectivity index (χ3n) is 3.51. The molecule has 0 bridgehead atoms. The highest BCUT2D eigenvalue weighted by atomic mass is 127. The van der Waals surface area contributed by atoms with E-state index in [4.69, 9.17) is 9.47 Å². The molecule has 5 heteroatoms. The zero-order chi connectivity index (χ0) is 16.8. The van der Waals surface area contributed by atoms with Gasteiger partial charge in [-0.2, -0.15) is 0 Å². The number of hydrogen-bond acceptors (Lipinski definition) is 4. The molecule has 0 spiro atoms. The van der Waals surface area contributed by atoms with E-state index in [0.717, 1.165) is 21.3 Å². The Morgan fingerprint density at radius 3 is 2.65 bits per heavy atom. The molecule has 2 aromatic carbocycles.